The van der Waals surface area contributed by atoms with E-state index in [-0.39, 0.29) is 17.4 Å². The molecule has 194 valence electrons. The molecule has 1 saturated carbocycles. The van der Waals surface area contributed by atoms with Gasteiger partial charge in [0.25, 0.3) is 0 Å². The van der Waals surface area contributed by atoms with Gasteiger partial charge >= 0.3 is 0 Å². The fourth-order valence-electron chi connectivity index (χ4n) is 6.06. The lowest BCUT2D eigenvalue weighted by Gasteiger charge is -2.36. The minimum Gasteiger partial charge on any atom is -0.396 e. The Bertz CT molecular complexity index is 1550. The van der Waals surface area contributed by atoms with E-state index in [9.17, 15) is 9.50 Å². The number of fused-ring (bicyclic) bond motifs is 3. The van der Waals surface area contributed by atoms with E-state index in [4.69, 9.17) is 38.4 Å². The molecule has 3 atom stereocenters. The molecule has 8 nitrogen and oxygen atoms in total. The van der Waals surface area contributed by atoms with Gasteiger partial charge in [0.2, 0.25) is 0 Å². The van der Waals surface area contributed by atoms with Gasteiger partial charge in [0.15, 0.2) is 11.5 Å². The number of nitrogens with two attached hydrogens (primary N) is 1. The quantitative estimate of drug-likeness (QED) is 0.331. The van der Waals surface area contributed by atoms with Gasteiger partial charge in [-0.1, -0.05) is 23.2 Å². The lowest BCUT2D eigenvalue weighted by Crippen LogP contribution is -2.46. The average Bonchev–Trinajstić information content (AvgIpc) is 3.49. The number of aryl methyl sites for hydroxylation is 1. The lowest BCUT2D eigenvalue weighted by molar-refractivity contribution is -0.191. The topological polar surface area (TPSA) is 108 Å². The van der Waals surface area contributed by atoms with Crippen molar-refractivity contribution >= 4 is 51.0 Å². The van der Waals surface area contributed by atoms with Gasteiger partial charge in [-0.25, -0.2) is 19.3 Å². The third-order valence-electron chi connectivity index (χ3n) is 7.76. The highest BCUT2D eigenvalue weighted by atomic mass is 35.5. The average molecular weight is 546 g/mol. The third-order valence-corrected chi connectivity index (χ3v) is 8.37. The number of anilines is 1. The van der Waals surface area contributed by atoms with E-state index >= 15 is 0 Å². The maximum absolute atomic E-state index is 14.9. The van der Waals surface area contributed by atoms with Crippen LogP contribution in [0.25, 0.3) is 21.9 Å². The monoisotopic (exact) mass is 545 g/mol. The van der Waals surface area contributed by atoms with Gasteiger partial charge in [0, 0.05) is 17.0 Å². The molecule has 2 fully saturated rings. The molecule has 1 saturated heterocycles. The van der Waals surface area contributed by atoms with Crippen LogP contribution in [-0.4, -0.2) is 43.1 Å². The molecule has 0 bridgehead atoms. The number of hydrogen-bond acceptors (Lipinski definition) is 7. The molecule has 4 heterocycles. The van der Waals surface area contributed by atoms with Crippen LogP contribution in [0.5, 0.6) is 0 Å². The Kier molecular flexibility index (Phi) is 5.67. The van der Waals surface area contributed by atoms with Crippen LogP contribution in [0, 0.1) is 11.2 Å². The number of benzene rings is 1. The van der Waals surface area contributed by atoms with Crippen LogP contribution in [0.2, 0.25) is 10.2 Å². The number of halogens is 3. The molecule has 0 unspecified atom stereocenters. The highest BCUT2D eigenvalue weighted by Crippen LogP contribution is 2.59. The van der Waals surface area contributed by atoms with Gasteiger partial charge in [-0.15, -0.1) is 0 Å². The predicted octanol–water partition coefficient (Wildman–Crippen LogP) is 5.22. The summed E-state index contributed by atoms with van der Waals surface area (Å²) < 4.78 is 30.0. The fourth-order valence-corrected chi connectivity index (χ4v) is 6.40. The number of rotatable bonds is 5. The summed E-state index contributed by atoms with van der Waals surface area (Å²) in [6, 6.07) is 6.65. The summed E-state index contributed by atoms with van der Waals surface area (Å²) in [4.78, 5) is 12.8. The Labute approximate surface area is 222 Å². The SMILES string of the molecule is CC1(C)O[C@@H]2[C@@](CO)(CCc3cc(F)c4cc(Cl)c(N)nc4c3)CC[C@@]2(n2ccc3c(Cl)ncnc32)O1. The number of aromatic nitrogens is 4. The number of aliphatic hydroxyl groups excluding tert-OH is 1. The molecule has 11 heteroatoms. The van der Waals surface area contributed by atoms with E-state index in [1.54, 1.807) is 0 Å². The van der Waals surface area contributed by atoms with Gasteiger partial charge < -0.3 is 24.9 Å². The van der Waals surface area contributed by atoms with Crippen molar-refractivity contribution in [3.8, 4) is 0 Å². The zero-order valence-corrected chi connectivity index (χ0v) is 21.9. The van der Waals surface area contributed by atoms with Crippen LogP contribution in [0.3, 0.4) is 0 Å². The van der Waals surface area contributed by atoms with E-state index in [1.165, 1.54) is 18.5 Å². The maximum atomic E-state index is 14.9. The number of nitrogens with zero attached hydrogens (tertiary/aromatic N) is 4. The molecule has 3 N–H and O–H groups in total. The summed E-state index contributed by atoms with van der Waals surface area (Å²) in [5.41, 5.74) is 6.13. The highest BCUT2D eigenvalue weighted by Gasteiger charge is 2.66. The largest absolute Gasteiger partial charge is 0.396 e. The summed E-state index contributed by atoms with van der Waals surface area (Å²) in [7, 11) is 0. The number of aliphatic hydroxyl groups is 1. The highest BCUT2D eigenvalue weighted by molar-refractivity contribution is 6.34. The number of hydrogen-bond donors (Lipinski definition) is 2. The summed E-state index contributed by atoms with van der Waals surface area (Å²) in [5.74, 6) is -1.16. The van der Waals surface area contributed by atoms with Crippen molar-refractivity contribution in [1.82, 2.24) is 19.5 Å². The fraction of sp³-hybridized carbons (Fsp3) is 0.423. The molecule has 37 heavy (non-hydrogen) atoms. The predicted molar refractivity (Wildman–Crippen MR) is 139 cm³/mol. The molecular weight excluding hydrogens is 520 g/mol. The van der Waals surface area contributed by atoms with Crippen molar-refractivity contribution in [2.24, 2.45) is 5.41 Å². The third kappa shape index (κ3) is 3.79. The number of ether oxygens (including phenoxy) is 2. The molecular formula is C26H26Cl2FN5O3. The van der Waals surface area contributed by atoms with Gasteiger partial charge in [-0.3, -0.25) is 0 Å². The van der Waals surface area contributed by atoms with Gasteiger partial charge in [-0.2, -0.15) is 0 Å². The Morgan fingerprint density at radius 1 is 1.19 bits per heavy atom. The molecule has 0 radical (unpaired) electrons. The minimum absolute atomic E-state index is 0.120. The Morgan fingerprint density at radius 2 is 2.00 bits per heavy atom. The van der Waals surface area contributed by atoms with Gasteiger partial charge in [0.1, 0.15) is 34.9 Å². The summed E-state index contributed by atoms with van der Waals surface area (Å²) in [6.07, 6.45) is 5.09. The molecule has 0 amide bonds. The van der Waals surface area contributed by atoms with Gasteiger partial charge in [0.05, 0.1) is 22.5 Å². The van der Waals surface area contributed by atoms with Crippen LogP contribution in [-0.2, 0) is 21.6 Å². The van der Waals surface area contributed by atoms with Crippen LogP contribution in [0.1, 0.15) is 38.7 Å². The first-order chi connectivity index (χ1) is 17.6. The second-order valence-electron chi connectivity index (χ2n) is 10.5. The van der Waals surface area contributed by atoms with Crippen LogP contribution in [0.4, 0.5) is 10.2 Å². The lowest BCUT2D eigenvalue weighted by atomic mass is 9.78. The normalized spacial score (nSPS) is 26.8. The summed E-state index contributed by atoms with van der Waals surface area (Å²) in [5, 5.41) is 12.4. The van der Waals surface area contributed by atoms with E-state index < -0.39 is 28.8 Å². The molecule has 0 spiro atoms. The van der Waals surface area contributed by atoms with E-state index in [0.717, 1.165) is 5.56 Å². The first kappa shape index (κ1) is 24.8. The van der Waals surface area contributed by atoms with E-state index in [1.807, 2.05) is 36.7 Å². The van der Waals surface area contributed by atoms with Crippen LogP contribution >= 0.6 is 23.2 Å². The Balaban J connectivity index is 1.37. The number of pyridine rings is 1. The van der Waals surface area contributed by atoms with Crippen LogP contribution < -0.4 is 5.73 Å². The summed E-state index contributed by atoms with van der Waals surface area (Å²) >= 11 is 12.4. The van der Waals surface area contributed by atoms with E-state index in [0.29, 0.717) is 52.8 Å². The zero-order valence-electron chi connectivity index (χ0n) is 20.3. The van der Waals surface area contributed by atoms with Crippen molar-refractivity contribution in [2.75, 3.05) is 12.3 Å². The Morgan fingerprint density at radius 3 is 2.78 bits per heavy atom. The molecule has 1 aliphatic heterocycles. The summed E-state index contributed by atoms with van der Waals surface area (Å²) in [6.45, 7) is 3.61. The number of nitrogen functional groups attached to an aromatic ring is 1. The van der Waals surface area contributed by atoms with Crippen molar-refractivity contribution in [2.45, 2.75) is 57.1 Å². The van der Waals surface area contributed by atoms with Crippen molar-refractivity contribution < 1.29 is 19.0 Å². The maximum Gasteiger partial charge on any atom is 0.176 e. The second kappa shape index (κ2) is 8.47. The van der Waals surface area contributed by atoms with Gasteiger partial charge in [-0.05, 0) is 69.4 Å². The van der Waals surface area contributed by atoms with Crippen LogP contribution in [0.15, 0.2) is 36.8 Å². The van der Waals surface area contributed by atoms with Crippen molar-refractivity contribution in [1.29, 1.82) is 0 Å². The smallest absolute Gasteiger partial charge is 0.176 e. The second-order valence-corrected chi connectivity index (χ2v) is 11.2. The standard InChI is InChI=1S/C26H26Cl2FN5O3/c1-24(2)36-23-25(12-35,5-3-14-9-18(29)16-11-17(27)21(30)33-19(16)10-14)6-7-26(23,37-24)34-8-4-15-20(28)31-13-32-22(15)34/h4,8-11,13,23,35H,3,5-7,12H2,1-2H3,(H2,30,33)/t23-,25+,26-/m1/s1. The first-order valence-electron chi connectivity index (χ1n) is 12.1. The Hall–Kier alpha value is -2.56. The molecule has 6 rings (SSSR count). The minimum atomic E-state index is -0.896. The molecule has 4 aromatic rings. The molecule has 2 aliphatic rings. The van der Waals surface area contributed by atoms with Crippen molar-refractivity contribution in [3.63, 3.8) is 0 Å². The first-order valence-corrected chi connectivity index (χ1v) is 12.8. The molecule has 1 aliphatic carbocycles. The zero-order chi connectivity index (χ0) is 26.2. The molecule has 3 aromatic heterocycles. The van der Waals surface area contributed by atoms with Crippen molar-refractivity contribution in [3.05, 3.63) is 58.3 Å². The molecule has 1 aromatic carbocycles. The van der Waals surface area contributed by atoms with E-state index in [2.05, 4.69) is 15.0 Å².